The predicted molar refractivity (Wildman–Crippen MR) is 79.1 cm³/mol. The Bertz CT molecular complexity index is 672. The zero-order chi connectivity index (χ0) is 13.8. The summed E-state index contributed by atoms with van der Waals surface area (Å²) >= 11 is 0. The fraction of sp³-hybridized carbons (Fsp3) is 0.118. The van der Waals surface area contributed by atoms with Crippen molar-refractivity contribution in [2.75, 3.05) is 0 Å². The van der Waals surface area contributed by atoms with E-state index in [1.807, 2.05) is 29.0 Å². The Morgan fingerprint density at radius 1 is 0.900 bits per heavy atom. The fourth-order valence-corrected chi connectivity index (χ4v) is 2.22. The van der Waals surface area contributed by atoms with Gasteiger partial charge in [-0.05, 0) is 16.7 Å². The second-order valence-electron chi connectivity index (χ2n) is 4.76. The molecule has 1 heterocycles. The Kier molecular flexibility index (Phi) is 3.61. The first-order valence-electron chi connectivity index (χ1n) is 6.61. The van der Waals surface area contributed by atoms with E-state index in [0.29, 0.717) is 5.69 Å². The Morgan fingerprint density at radius 2 is 1.60 bits per heavy atom. The first kappa shape index (κ1) is 12.6. The molecule has 0 aliphatic carbocycles. The highest BCUT2D eigenvalue weighted by molar-refractivity contribution is 5.63. The van der Waals surface area contributed by atoms with Gasteiger partial charge in [-0.2, -0.15) is 0 Å². The number of hydrogen-bond donors (Lipinski definition) is 1. The molecule has 0 fully saturated rings. The Morgan fingerprint density at radius 3 is 2.25 bits per heavy atom. The number of aliphatic hydroxyl groups excluding tert-OH is 1. The summed E-state index contributed by atoms with van der Waals surface area (Å²) in [5.41, 5.74) is 4.36. The summed E-state index contributed by atoms with van der Waals surface area (Å²) in [6, 6.07) is 18.9. The third-order valence-electron chi connectivity index (χ3n) is 3.27. The summed E-state index contributed by atoms with van der Waals surface area (Å²) in [6.07, 6.45) is 3.61. The van der Waals surface area contributed by atoms with Crippen molar-refractivity contribution in [3.8, 4) is 11.1 Å². The van der Waals surface area contributed by atoms with Crippen molar-refractivity contribution in [1.82, 2.24) is 9.55 Å². The molecule has 100 valence electrons. The zero-order valence-corrected chi connectivity index (χ0v) is 11.1. The van der Waals surface area contributed by atoms with Gasteiger partial charge >= 0.3 is 0 Å². The highest BCUT2D eigenvalue weighted by Crippen LogP contribution is 2.19. The van der Waals surface area contributed by atoms with Crippen molar-refractivity contribution in [2.24, 2.45) is 0 Å². The van der Waals surface area contributed by atoms with E-state index < -0.39 is 0 Å². The van der Waals surface area contributed by atoms with Gasteiger partial charge in [0.05, 0.1) is 18.6 Å². The molecule has 0 aliphatic heterocycles. The van der Waals surface area contributed by atoms with E-state index >= 15 is 0 Å². The van der Waals surface area contributed by atoms with E-state index in [2.05, 4.69) is 41.4 Å². The maximum absolute atomic E-state index is 9.00. The SMILES string of the molecule is OCc1cn(Cc2ccc(-c3ccccc3)cc2)cn1. The van der Waals surface area contributed by atoms with Gasteiger partial charge in [0.25, 0.3) is 0 Å². The molecule has 0 spiro atoms. The van der Waals surface area contributed by atoms with Gasteiger partial charge in [0.15, 0.2) is 0 Å². The molecule has 3 nitrogen and oxygen atoms in total. The van der Waals surface area contributed by atoms with Gasteiger partial charge in [-0.15, -0.1) is 0 Å². The molecule has 0 radical (unpaired) electrons. The largest absolute Gasteiger partial charge is 0.390 e. The normalized spacial score (nSPS) is 10.7. The van der Waals surface area contributed by atoms with Crippen LogP contribution in [0.4, 0.5) is 0 Å². The lowest BCUT2D eigenvalue weighted by Gasteiger charge is -2.05. The average molecular weight is 264 g/mol. The van der Waals surface area contributed by atoms with E-state index in [1.165, 1.54) is 16.7 Å². The van der Waals surface area contributed by atoms with Gasteiger partial charge in [0.1, 0.15) is 0 Å². The van der Waals surface area contributed by atoms with E-state index in [1.54, 1.807) is 6.33 Å². The number of imidazole rings is 1. The van der Waals surface area contributed by atoms with Crippen molar-refractivity contribution in [2.45, 2.75) is 13.2 Å². The summed E-state index contributed by atoms with van der Waals surface area (Å²) in [7, 11) is 0. The number of hydrogen-bond acceptors (Lipinski definition) is 2. The molecule has 3 rings (SSSR count). The van der Waals surface area contributed by atoms with Crippen LogP contribution >= 0.6 is 0 Å². The molecule has 0 atom stereocenters. The molecule has 0 amide bonds. The third kappa shape index (κ3) is 2.78. The summed E-state index contributed by atoms with van der Waals surface area (Å²) in [5, 5.41) is 9.00. The molecule has 20 heavy (non-hydrogen) atoms. The highest BCUT2D eigenvalue weighted by atomic mass is 16.3. The van der Waals surface area contributed by atoms with Gasteiger partial charge in [0.2, 0.25) is 0 Å². The van der Waals surface area contributed by atoms with E-state index in [9.17, 15) is 0 Å². The molecular weight excluding hydrogens is 248 g/mol. The van der Waals surface area contributed by atoms with Crippen molar-refractivity contribution in [1.29, 1.82) is 0 Å². The van der Waals surface area contributed by atoms with Crippen LogP contribution in [0.5, 0.6) is 0 Å². The van der Waals surface area contributed by atoms with Crippen LogP contribution in [0.1, 0.15) is 11.3 Å². The first-order chi connectivity index (χ1) is 9.85. The molecule has 3 heteroatoms. The quantitative estimate of drug-likeness (QED) is 0.786. The van der Waals surface area contributed by atoms with Gasteiger partial charge in [-0.1, -0.05) is 54.6 Å². The zero-order valence-electron chi connectivity index (χ0n) is 11.1. The van der Waals surface area contributed by atoms with Crippen LogP contribution in [0.25, 0.3) is 11.1 Å². The Labute approximate surface area is 118 Å². The summed E-state index contributed by atoms with van der Waals surface area (Å²) in [4.78, 5) is 4.11. The van der Waals surface area contributed by atoms with Crippen molar-refractivity contribution >= 4 is 0 Å². The Hall–Kier alpha value is -2.39. The topological polar surface area (TPSA) is 38.0 Å². The van der Waals surface area contributed by atoms with Crippen LogP contribution in [0.15, 0.2) is 67.1 Å². The van der Waals surface area contributed by atoms with Crippen LogP contribution in [0.2, 0.25) is 0 Å². The van der Waals surface area contributed by atoms with Crippen molar-refractivity contribution in [3.63, 3.8) is 0 Å². The van der Waals surface area contributed by atoms with Gasteiger partial charge in [-0.3, -0.25) is 0 Å². The second kappa shape index (κ2) is 5.72. The first-order valence-corrected chi connectivity index (χ1v) is 6.61. The van der Waals surface area contributed by atoms with Crippen LogP contribution in [-0.4, -0.2) is 14.7 Å². The van der Waals surface area contributed by atoms with E-state index in [0.717, 1.165) is 6.54 Å². The van der Waals surface area contributed by atoms with Gasteiger partial charge in [-0.25, -0.2) is 4.98 Å². The van der Waals surface area contributed by atoms with Crippen LogP contribution in [0, 0.1) is 0 Å². The lowest BCUT2D eigenvalue weighted by Crippen LogP contribution is -1.96. The molecule has 0 aliphatic rings. The van der Waals surface area contributed by atoms with E-state index in [-0.39, 0.29) is 6.61 Å². The number of aliphatic hydroxyl groups is 1. The molecule has 2 aromatic carbocycles. The minimum atomic E-state index is -0.0139. The lowest BCUT2D eigenvalue weighted by atomic mass is 10.0. The van der Waals surface area contributed by atoms with Crippen LogP contribution in [-0.2, 0) is 13.2 Å². The smallest absolute Gasteiger partial charge is 0.0953 e. The van der Waals surface area contributed by atoms with Crippen LogP contribution < -0.4 is 0 Å². The monoisotopic (exact) mass is 264 g/mol. The standard InChI is InChI=1S/C17H16N2O/c20-12-17-11-19(13-18-17)10-14-6-8-16(9-7-14)15-4-2-1-3-5-15/h1-9,11,13,20H,10,12H2. The highest BCUT2D eigenvalue weighted by Gasteiger charge is 2.00. The summed E-state index contributed by atoms with van der Waals surface area (Å²) in [6.45, 7) is 0.752. The molecule has 3 aromatic rings. The number of nitrogens with zero attached hydrogens (tertiary/aromatic N) is 2. The fourth-order valence-electron chi connectivity index (χ4n) is 2.22. The summed E-state index contributed by atoms with van der Waals surface area (Å²) in [5.74, 6) is 0. The minimum absolute atomic E-state index is 0.0139. The molecule has 0 bridgehead atoms. The molecule has 0 unspecified atom stereocenters. The molecule has 1 N–H and O–H groups in total. The van der Waals surface area contributed by atoms with Gasteiger partial charge < -0.3 is 9.67 Å². The average Bonchev–Trinajstić information content (AvgIpc) is 2.97. The summed E-state index contributed by atoms with van der Waals surface area (Å²) < 4.78 is 1.98. The number of rotatable bonds is 4. The molecular formula is C17H16N2O. The maximum Gasteiger partial charge on any atom is 0.0953 e. The Balaban J connectivity index is 1.76. The number of benzene rings is 2. The van der Waals surface area contributed by atoms with Crippen LogP contribution in [0.3, 0.4) is 0 Å². The third-order valence-corrected chi connectivity index (χ3v) is 3.27. The van der Waals surface area contributed by atoms with E-state index in [4.69, 9.17) is 5.11 Å². The molecule has 0 saturated carbocycles. The minimum Gasteiger partial charge on any atom is -0.390 e. The van der Waals surface area contributed by atoms with Crippen molar-refractivity contribution < 1.29 is 5.11 Å². The molecule has 1 aromatic heterocycles. The molecule has 0 saturated heterocycles. The second-order valence-corrected chi connectivity index (χ2v) is 4.76. The van der Waals surface area contributed by atoms with Crippen molar-refractivity contribution in [3.05, 3.63) is 78.4 Å². The van der Waals surface area contributed by atoms with Gasteiger partial charge in [0, 0.05) is 12.7 Å². The lowest BCUT2D eigenvalue weighted by molar-refractivity contribution is 0.277. The number of aromatic nitrogens is 2. The predicted octanol–water partition coefficient (Wildman–Crippen LogP) is 3.09. The maximum atomic E-state index is 9.00.